The van der Waals surface area contributed by atoms with Crippen LogP contribution in [0.25, 0.3) is 0 Å². The molecule has 1 aliphatic rings. The van der Waals surface area contributed by atoms with Crippen molar-refractivity contribution in [1.29, 1.82) is 0 Å². The highest BCUT2D eigenvalue weighted by molar-refractivity contribution is 7.80. The molecular weight excluding hydrogens is 190 g/mol. The zero-order chi connectivity index (χ0) is 9.68. The van der Waals surface area contributed by atoms with Crippen molar-refractivity contribution >= 4 is 17.3 Å². The first-order chi connectivity index (χ1) is 6.29. The van der Waals surface area contributed by atoms with Gasteiger partial charge in [-0.1, -0.05) is 0 Å². The molecule has 0 radical (unpaired) electrons. The van der Waals surface area contributed by atoms with E-state index in [0.29, 0.717) is 18.3 Å². The number of nitrogens with one attached hydrogen (secondary N) is 1. The number of hydrogen-bond acceptors (Lipinski definition) is 4. The Morgan fingerprint density at radius 3 is 2.54 bits per heavy atom. The number of aliphatic hydroxyl groups is 2. The summed E-state index contributed by atoms with van der Waals surface area (Å²) < 4.78 is 0. The fourth-order valence-electron chi connectivity index (χ4n) is 1.20. The van der Waals surface area contributed by atoms with Gasteiger partial charge in [-0.15, -0.1) is 0 Å². The average Bonchev–Trinajstić information content (AvgIpc) is 2.48. The lowest BCUT2D eigenvalue weighted by Crippen LogP contribution is -2.39. The lowest BCUT2D eigenvalue weighted by atomic mass is 10.6. The SMILES string of the molecule is OCCNCN1CCN(CO)C1=S. The van der Waals surface area contributed by atoms with E-state index in [2.05, 4.69) is 5.32 Å². The van der Waals surface area contributed by atoms with Crippen molar-refractivity contribution in [2.45, 2.75) is 0 Å². The maximum Gasteiger partial charge on any atom is 0.174 e. The monoisotopic (exact) mass is 205 g/mol. The van der Waals surface area contributed by atoms with Gasteiger partial charge in [0.15, 0.2) is 5.11 Å². The minimum Gasteiger partial charge on any atom is -0.395 e. The van der Waals surface area contributed by atoms with Crippen LogP contribution in [-0.4, -0.2) is 64.8 Å². The first-order valence-electron chi connectivity index (χ1n) is 4.26. The van der Waals surface area contributed by atoms with Crippen LogP contribution in [0.1, 0.15) is 0 Å². The Labute approximate surface area is 82.9 Å². The fraction of sp³-hybridized carbons (Fsp3) is 0.857. The van der Waals surface area contributed by atoms with E-state index in [1.807, 2.05) is 4.90 Å². The van der Waals surface area contributed by atoms with Gasteiger partial charge in [0.25, 0.3) is 0 Å². The highest BCUT2D eigenvalue weighted by atomic mass is 32.1. The molecule has 0 atom stereocenters. The predicted octanol–water partition coefficient (Wildman–Crippen LogP) is -1.62. The van der Waals surface area contributed by atoms with E-state index in [-0.39, 0.29) is 13.3 Å². The molecule has 1 saturated heterocycles. The Morgan fingerprint density at radius 1 is 1.31 bits per heavy atom. The standard InChI is InChI=1S/C7H15N3O2S/c11-4-1-8-5-9-2-3-10(6-12)7(9)13/h8,11-12H,1-6H2. The molecule has 0 bridgehead atoms. The summed E-state index contributed by atoms with van der Waals surface area (Å²) in [5.41, 5.74) is 0. The molecule has 0 saturated carbocycles. The molecule has 1 heterocycles. The third-order valence-electron chi connectivity index (χ3n) is 1.94. The molecule has 6 heteroatoms. The van der Waals surface area contributed by atoms with Crippen molar-refractivity contribution in [1.82, 2.24) is 15.1 Å². The largest absolute Gasteiger partial charge is 0.395 e. The summed E-state index contributed by atoms with van der Waals surface area (Å²) in [6, 6.07) is 0. The number of aliphatic hydroxyl groups excluding tert-OH is 2. The van der Waals surface area contributed by atoms with Crippen LogP contribution in [0.2, 0.25) is 0 Å². The third-order valence-corrected chi connectivity index (χ3v) is 2.46. The molecule has 0 spiro atoms. The second kappa shape index (κ2) is 5.33. The molecule has 1 rings (SSSR count). The number of hydrogen-bond donors (Lipinski definition) is 3. The molecule has 76 valence electrons. The van der Waals surface area contributed by atoms with E-state index < -0.39 is 0 Å². The van der Waals surface area contributed by atoms with Crippen LogP contribution in [0.3, 0.4) is 0 Å². The van der Waals surface area contributed by atoms with E-state index in [9.17, 15) is 0 Å². The summed E-state index contributed by atoms with van der Waals surface area (Å²) in [5.74, 6) is 0. The zero-order valence-corrected chi connectivity index (χ0v) is 8.26. The zero-order valence-electron chi connectivity index (χ0n) is 7.44. The van der Waals surface area contributed by atoms with Crippen molar-refractivity contribution in [3.8, 4) is 0 Å². The summed E-state index contributed by atoms with van der Waals surface area (Å²) >= 11 is 5.10. The molecule has 0 aromatic carbocycles. The first-order valence-corrected chi connectivity index (χ1v) is 4.66. The molecule has 1 aliphatic heterocycles. The number of nitrogens with zero attached hydrogens (tertiary/aromatic N) is 2. The van der Waals surface area contributed by atoms with Gasteiger partial charge in [0, 0.05) is 19.6 Å². The summed E-state index contributed by atoms with van der Waals surface area (Å²) in [5, 5.41) is 21.1. The van der Waals surface area contributed by atoms with Crippen LogP contribution in [-0.2, 0) is 0 Å². The van der Waals surface area contributed by atoms with E-state index in [4.69, 9.17) is 22.4 Å². The summed E-state index contributed by atoms with van der Waals surface area (Å²) in [7, 11) is 0. The van der Waals surface area contributed by atoms with Gasteiger partial charge in [-0.3, -0.25) is 5.32 Å². The Morgan fingerprint density at radius 2 is 2.00 bits per heavy atom. The molecule has 3 N–H and O–H groups in total. The van der Waals surface area contributed by atoms with Crippen LogP contribution >= 0.6 is 12.2 Å². The van der Waals surface area contributed by atoms with E-state index in [1.165, 1.54) is 0 Å². The molecule has 5 nitrogen and oxygen atoms in total. The van der Waals surface area contributed by atoms with E-state index in [0.717, 1.165) is 13.1 Å². The molecule has 0 aromatic heterocycles. The number of rotatable bonds is 5. The Balaban J connectivity index is 2.24. The van der Waals surface area contributed by atoms with Crippen LogP contribution in [0, 0.1) is 0 Å². The minimum atomic E-state index is -0.0185. The Hall–Kier alpha value is -0.430. The summed E-state index contributed by atoms with van der Waals surface area (Å²) in [6.45, 7) is 2.92. The van der Waals surface area contributed by atoms with Crippen LogP contribution in [0.4, 0.5) is 0 Å². The highest BCUT2D eigenvalue weighted by Crippen LogP contribution is 2.05. The van der Waals surface area contributed by atoms with Gasteiger partial charge in [0.2, 0.25) is 0 Å². The van der Waals surface area contributed by atoms with Crippen molar-refractivity contribution in [3.63, 3.8) is 0 Å². The molecule has 13 heavy (non-hydrogen) atoms. The summed E-state index contributed by atoms with van der Waals surface area (Å²) in [6.07, 6.45) is 0. The third kappa shape index (κ3) is 2.77. The van der Waals surface area contributed by atoms with Crippen LogP contribution in [0.5, 0.6) is 0 Å². The van der Waals surface area contributed by atoms with E-state index in [1.54, 1.807) is 4.90 Å². The lowest BCUT2D eigenvalue weighted by Gasteiger charge is -2.20. The fourth-order valence-corrected chi connectivity index (χ4v) is 1.51. The first kappa shape index (κ1) is 10.6. The van der Waals surface area contributed by atoms with Gasteiger partial charge in [-0.25, -0.2) is 0 Å². The van der Waals surface area contributed by atoms with Gasteiger partial charge in [0.05, 0.1) is 13.3 Å². The molecule has 0 aliphatic carbocycles. The quantitative estimate of drug-likeness (QED) is 0.370. The molecular formula is C7H15N3O2S. The molecule has 0 amide bonds. The maximum atomic E-state index is 8.88. The van der Waals surface area contributed by atoms with Crippen molar-refractivity contribution in [2.24, 2.45) is 0 Å². The van der Waals surface area contributed by atoms with Crippen LogP contribution < -0.4 is 5.32 Å². The van der Waals surface area contributed by atoms with Gasteiger partial charge in [-0.05, 0) is 12.2 Å². The minimum absolute atomic E-state index is 0.0185. The Kier molecular flexibility index (Phi) is 4.37. The van der Waals surface area contributed by atoms with Crippen molar-refractivity contribution < 1.29 is 10.2 Å². The summed E-state index contributed by atoms with van der Waals surface area (Å²) in [4.78, 5) is 3.69. The number of thiocarbonyl (C=S) groups is 1. The van der Waals surface area contributed by atoms with Gasteiger partial charge < -0.3 is 20.0 Å². The normalized spacial score (nSPS) is 17.2. The second-order valence-corrected chi connectivity index (χ2v) is 3.20. The van der Waals surface area contributed by atoms with Crippen LogP contribution in [0.15, 0.2) is 0 Å². The average molecular weight is 205 g/mol. The maximum absolute atomic E-state index is 8.88. The molecule has 0 unspecified atom stereocenters. The lowest BCUT2D eigenvalue weighted by molar-refractivity contribution is 0.182. The van der Waals surface area contributed by atoms with E-state index >= 15 is 0 Å². The smallest absolute Gasteiger partial charge is 0.174 e. The van der Waals surface area contributed by atoms with Crippen molar-refractivity contribution in [3.05, 3.63) is 0 Å². The van der Waals surface area contributed by atoms with Gasteiger partial charge >= 0.3 is 0 Å². The Bertz CT molecular complexity index is 179. The molecule has 1 fully saturated rings. The van der Waals surface area contributed by atoms with Crippen molar-refractivity contribution in [2.75, 3.05) is 39.6 Å². The van der Waals surface area contributed by atoms with Gasteiger partial charge in [-0.2, -0.15) is 0 Å². The highest BCUT2D eigenvalue weighted by Gasteiger charge is 2.22. The second-order valence-electron chi connectivity index (χ2n) is 2.83. The van der Waals surface area contributed by atoms with Gasteiger partial charge in [0.1, 0.15) is 6.73 Å². The molecule has 0 aromatic rings. The topological polar surface area (TPSA) is 59.0 Å². The predicted molar refractivity (Wildman–Crippen MR) is 53.1 cm³/mol.